The summed E-state index contributed by atoms with van der Waals surface area (Å²) in [4.78, 5) is 27.8. The van der Waals surface area contributed by atoms with Gasteiger partial charge in [0.15, 0.2) is 5.78 Å². The van der Waals surface area contributed by atoms with E-state index in [0.29, 0.717) is 35.4 Å². The Labute approximate surface area is 133 Å². The number of nitro benzene ring substituents is 1. The van der Waals surface area contributed by atoms with Gasteiger partial charge >= 0.3 is 0 Å². The van der Waals surface area contributed by atoms with Crippen molar-refractivity contribution >= 4 is 17.2 Å². The number of benzene rings is 1. The van der Waals surface area contributed by atoms with Crippen LogP contribution in [-0.2, 0) is 4.79 Å². The number of Topliss-reactive ketones (excluding diaryl/α,β-unsaturated/α-hetero) is 1. The molecule has 1 aromatic rings. The van der Waals surface area contributed by atoms with Gasteiger partial charge in [0.1, 0.15) is 0 Å². The number of ketones is 1. The van der Waals surface area contributed by atoms with E-state index in [9.17, 15) is 20.2 Å². The third kappa shape index (κ3) is 2.44. The van der Waals surface area contributed by atoms with E-state index in [2.05, 4.69) is 11.1 Å². The highest BCUT2D eigenvalue weighted by Crippen LogP contribution is 2.45. The lowest BCUT2D eigenvalue weighted by Crippen LogP contribution is -2.31. The lowest BCUT2D eigenvalue weighted by atomic mass is 9.72. The maximum atomic E-state index is 12.5. The molecule has 0 amide bonds. The molecule has 0 fully saturated rings. The van der Waals surface area contributed by atoms with E-state index in [1.165, 1.54) is 6.07 Å². The minimum absolute atomic E-state index is 0.0501. The van der Waals surface area contributed by atoms with Crippen LogP contribution in [0.5, 0.6) is 0 Å². The maximum absolute atomic E-state index is 12.5. The van der Waals surface area contributed by atoms with Crippen LogP contribution in [0.2, 0.25) is 0 Å². The summed E-state index contributed by atoms with van der Waals surface area (Å²) in [6.45, 7) is 1.75. The fourth-order valence-electron chi connectivity index (χ4n) is 3.43. The third-order valence-electron chi connectivity index (χ3n) is 4.44. The number of carbonyl (C=O) groups is 1. The van der Waals surface area contributed by atoms with E-state index in [1.54, 1.807) is 25.1 Å². The van der Waals surface area contributed by atoms with E-state index in [1.807, 2.05) is 0 Å². The summed E-state index contributed by atoms with van der Waals surface area (Å²) < 4.78 is 0. The van der Waals surface area contributed by atoms with Gasteiger partial charge in [-0.3, -0.25) is 19.9 Å². The molecule has 0 radical (unpaired) electrons. The van der Waals surface area contributed by atoms with Gasteiger partial charge in [-0.2, -0.15) is 5.26 Å². The van der Waals surface area contributed by atoms with Crippen LogP contribution in [0, 0.1) is 27.4 Å². The molecule has 1 aromatic carbocycles. The predicted octanol–water partition coefficient (Wildman–Crippen LogP) is 3.30. The zero-order valence-corrected chi connectivity index (χ0v) is 12.7. The Morgan fingerprint density at radius 1 is 1.35 bits per heavy atom. The second-order valence-electron chi connectivity index (χ2n) is 5.79. The van der Waals surface area contributed by atoms with Crippen molar-refractivity contribution in [3.63, 3.8) is 0 Å². The van der Waals surface area contributed by atoms with Gasteiger partial charge in [-0.25, -0.2) is 0 Å². The van der Waals surface area contributed by atoms with Crippen molar-refractivity contribution in [1.82, 2.24) is 0 Å². The molecule has 0 saturated carbocycles. The first-order valence-electron chi connectivity index (χ1n) is 7.49. The summed E-state index contributed by atoms with van der Waals surface area (Å²) >= 11 is 0. The van der Waals surface area contributed by atoms with Gasteiger partial charge in [-0.05, 0) is 19.8 Å². The third-order valence-corrected chi connectivity index (χ3v) is 4.44. The fraction of sp³-hybridized carbons (Fsp3) is 0.353. The molecule has 23 heavy (non-hydrogen) atoms. The number of nitro groups is 1. The molecule has 0 saturated heterocycles. The van der Waals surface area contributed by atoms with E-state index in [4.69, 9.17) is 0 Å². The Hall–Kier alpha value is -2.81. The monoisotopic (exact) mass is 309 g/mol. The van der Waals surface area contributed by atoms with Gasteiger partial charge in [0.2, 0.25) is 0 Å². The normalized spacial score (nSPS) is 23.8. The van der Waals surface area contributed by atoms with Crippen LogP contribution >= 0.6 is 0 Å². The maximum Gasteiger partial charge on any atom is 0.273 e. The Bertz CT molecular complexity index is 802. The lowest BCUT2D eigenvalue weighted by Gasteiger charge is -2.32. The number of allylic oxidation sites excluding steroid dienone is 2. The van der Waals surface area contributed by atoms with Gasteiger partial charge in [0.05, 0.1) is 16.9 Å². The average Bonchev–Trinajstić information content (AvgIpc) is 2.53. The SMILES string of the molecule is CC1=NC2=C(C(=O)CCC2)[C@@H](c2ccccc2[N+](=O)[O-])C1C#N. The van der Waals surface area contributed by atoms with E-state index in [-0.39, 0.29) is 11.5 Å². The molecular formula is C17H15N3O3. The molecule has 2 atom stereocenters. The van der Waals surface area contributed by atoms with Gasteiger partial charge in [-0.15, -0.1) is 0 Å². The molecule has 6 nitrogen and oxygen atoms in total. The minimum Gasteiger partial charge on any atom is -0.294 e. The van der Waals surface area contributed by atoms with Gasteiger partial charge < -0.3 is 0 Å². The average molecular weight is 309 g/mol. The number of para-hydroxylation sites is 1. The topological polar surface area (TPSA) is 96.4 Å². The zero-order chi connectivity index (χ0) is 16.6. The molecular weight excluding hydrogens is 294 g/mol. The number of nitrogens with zero attached hydrogens (tertiary/aromatic N) is 3. The Kier molecular flexibility index (Phi) is 3.78. The number of hydrogen-bond acceptors (Lipinski definition) is 5. The molecule has 0 N–H and O–H groups in total. The largest absolute Gasteiger partial charge is 0.294 e. The van der Waals surface area contributed by atoms with Crippen molar-refractivity contribution in [1.29, 1.82) is 5.26 Å². The smallest absolute Gasteiger partial charge is 0.273 e. The first-order chi connectivity index (χ1) is 11.0. The first kappa shape index (κ1) is 15.1. The summed E-state index contributed by atoms with van der Waals surface area (Å²) in [5.41, 5.74) is 2.15. The van der Waals surface area contributed by atoms with Crippen molar-refractivity contribution in [2.45, 2.75) is 32.1 Å². The van der Waals surface area contributed by atoms with Crippen LogP contribution in [0.4, 0.5) is 5.69 Å². The second kappa shape index (κ2) is 5.76. The number of nitriles is 1. The van der Waals surface area contributed by atoms with Crippen molar-refractivity contribution < 1.29 is 9.72 Å². The van der Waals surface area contributed by atoms with E-state index in [0.717, 1.165) is 6.42 Å². The molecule has 0 spiro atoms. The number of carbonyl (C=O) groups excluding carboxylic acids is 1. The van der Waals surface area contributed by atoms with Crippen LogP contribution in [0.3, 0.4) is 0 Å². The second-order valence-corrected chi connectivity index (χ2v) is 5.79. The summed E-state index contributed by atoms with van der Waals surface area (Å²) in [5.74, 6) is -1.32. The van der Waals surface area contributed by atoms with E-state index >= 15 is 0 Å². The molecule has 1 unspecified atom stereocenters. The number of rotatable bonds is 2. The highest BCUT2D eigenvalue weighted by atomic mass is 16.6. The van der Waals surface area contributed by atoms with Crippen molar-refractivity contribution in [2.24, 2.45) is 10.9 Å². The molecule has 1 aliphatic carbocycles. The van der Waals surface area contributed by atoms with E-state index < -0.39 is 16.8 Å². The number of hydrogen-bond donors (Lipinski definition) is 0. The van der Waals surface area contributed by atoms with Gasteiger partial charge in [0, 0.05) is 41.0 Å². The van der Waals surface area contributed by atoms with Crippen LogP contribution in [-0.4, -0.2) is 16.4 Å². The highest BCUT2D eigenvalue weighted by Gasteiger charge is 2.41. The molecule has 116 valence electrons. The Balaban J connectivity index is 2.25. The molecule has 0 bridgehead atoms. The zero-order valence-electron chi connectivity index (χ0n) is 12.7. The Morgan fingerprint density at radius 2 is 2.09 bits per heavy atom. The van der Waals surface area contributed by atoms with Crippen LogP contribution in [0.25, 0.3) is 0 Å². The van der Waals surface area contributed by atoms with Crippen LogP contribution < -0.4 is 0 Å². The quantitative estimate of drug-likeness (QED) is 0.618. The minimum atomic E-state index is -0.656. The lowest BCUT2D eigenvalue weighted by molar-refractivity contribution is -0.385. The van der Waals surface area contributed by atoms with Crippen LogP contribution in [0.15, 0.2) is 40.5 Å². The predicted molar refractivity (Wildman–Crippen MR) is 83.9 cm³/mol. The van der Waals surface area contributed by atoms with Crippen molar-refractivity contribution in [3.8, 4) is 6.07 Å². The fourth-order valence-corrected chi connectivity index (χ4v) is 3.43. The van der Waals surface area contributed by atoms with Crippen LogP contribution in [0.1, 0.15) is 37.7 Å². The summed E-state index contributed by atoms with van der Waals surface area (Å²) in [6, 6.07) is 8.52. The summed E-state index contributed by atoms with van der Waals surface area (Å²) in [5, 5.41) is 20.9. The standard InChI is InChI=1S/C17H15N3O3/c1-10-12(9-18)16(11-5-2-3-7-14(11)20(22)23)17-13(19-10)6-4-8-15(17)21/h2-3,5,7,12,16H,4,6,8H2,1H3/t12?,16-/m0/s1. The van der Waals surface area contributed by atoms with Crippen molar-refractivity contribution in [2.75, 3.05) is 0 Å². The molecule has 6 heteroatoms. The summed E-state index contributed by atoms with van der Waals surface area (Å²) in [6.07, 6.45) is 1.81. The van der Waals surface area contributed by atoms with Crippen molar-refractivity contribution in [3.05, 3.63) is 51.2 Å². The molecule has 0 aromatic heterocycles. The molecule has 1 aliphatic heterocycles. The van der Waals surface area contributed by atoms with Gasteiger partial charge in [0.25, 0.3) is 5.69 Å². The highest BCUT2D eigenvalue weighted by molar-refractivity contribution is 6.03. The summed E-state index contributed by atoms with van der Waals surface area (Å²) in [7, 11) is 0. The van der Waals surface area contributed by atoms with Gasteiger partial charge in [-0.1, -0.05) is 18.2 Å². The number of aliphatic imine (C=N–C) groups is 1. The Morgan fingerprint density at radius 3 is 2.78 bits per heavy atom. The molecule has 1 heterocycles. The molecule has 3 rings (SSSR count). The first-order valence-corrected chi connectivity index (χ1v) is 7.49. The molecule has 2 aliphatic rings.